The maximum Gasteiger partial charge on any atom is 0.260 e. The first-order valence-corrected chi connectivity index (χ1v) is 6.14. The molecule has 1 N–H and O–H groups in total. The fourth-order valence-electron chi connectivity index (χ4n) is 1.68. The van der Waals surface area contributed by atoms with Gasteiger partial charge in [-0.1, -0.05) is 0 Å². The number of halogens is 1. The molecule has 0 radical (unpaired) electrons. The van der Waals surface area contributed by atoms with E-state index in [0.29, 0.717) is 21.7 Å². The van der Waals surface area contributed by atoms with Gasteiger partial charge in [0.2, 0.25) is 0 Å². The molecule has 0 spiro atoms. The summed E-state index contributed by atoms with van der Waals surface area (Å²) >= 11 is 3.18. The Bertz CT molecular complexity index is 590. The summed E-state index contributed by atoms with van der Waals surface area (Å²) < 4.78 is 6.04. The van der Waals surface area contributed by atoms with Crippen molar-refractivity contribution in [2.75, 3.05) is 5.32 Å². The van der Waals surface area contributed by atoms with Gasteiger partial charge in [-0.15, -0.1) is 0 Å². The zero-order valence-electron chi connectivity index (χ0n) is 10.2. The number of amides is 1. The maximum atomic E-state index is 12.1. The molecule has 2 aromatic rings. The minimum atomic E-state index is -0.238. The minimum absolute atomic E-state index is 0.238. The summed E-state index contributed by atoms with van der Waals surface area (Å²) in [5.41, 5.74) is 1.40. The van der Waals surface area contributed by atoms with Crippen LogP contribution in [0.3, 0.4) is 0 Å². The highest BCUT2D eigenvalue weighted by Gasteiger charge is 2.18. The molecule has 5 nitrogen and oxygen atoms in total. The van der Waals surface area contributed by atoms with Gasteiger partial charge in [0.1, 0.15) is 16.1 Å². The summed E-state index contributed by atoms with van der Waals surface area (Å²) in [5, 5.41) is 2.69. The molecule has 0 saturated carbocycles. The normalized spacial score (nSPS) is 10.4. The van der Waals surface area contributed by atoms with Crippen molar-refractivity contribution in [2.24, 2.45) is 0 Å². The monoisotopic (exact) mass is 309 g/mol. The van der Waals surface area contributed by atoms with Gasteiger partial charge in [-0.3, -0.25) is 4.79 Å². The molecule has 94 valence electrons. The highest BCUT2D eigenvalue weighted by atomic mass is 79.9. The minimum Gasteiger partial charge on any atom is -0.466 e. The molecule has 18 heavy (non-hydrogen) atoms. The topological polar surface area (TPSA) is 68.0 Å². The molecule has 0 fully saturated rings. The lowest BCUT2D eigenvalue weighted by Gasteiger charge is -2.03. The van der Waals surface area contributed by atoms with Crippen LogP contribution >= 0.6 is 15.9 Å². The van der Waals surface area contributed by atoms with E-state index in [9.17, 15) is 4.79 Å². The van der Waals surface area contributed by atoms with Crippen LogP contribution < -0.4 is 5.32 Å². The van der Waals surface area contributed by atoms with Gasteiger partial charge in [0, 0.05) is 5.56 Å². The third kappa shape index (κ3) is 2.43. The number of carbonyl (C=O) groups excluding carboxylic acids is 1. The summed E-state index contributed by atoms with van der Waals surface area (Å²) in [6, 6.07) is 0. The number of hydrogen-bond acceptors (Lipinski definition) is 4. The molecular weight excluding hydrogens is 298 g/mol. The molecule has 0 saturated heterocycles. The van der Waals surface area contributed by atoms with E-state index < -0.39 is 0 Å². The van der Waals surface area contributed by atoms with Crippen molar-refractivity contribution < 1.29 is 9.21 Å². The van der Waals surface area contributed by atoms with E-state index in [4.69, 9.17) is 4.42 Å². The second-order valence-electron chi connectivity index (χ2n) is 3.89. The Morgan fingerprint density at radius 2 is 1.94 bits per heavy atom. The number of rotatable bonds is 2. The third-order valence-electron chi connectivity index (χ3n) is 2.65. The Morgan fingerprint density at radius 1 is 1.22 bits per heavy atom. The fourth-order valence-corrected chi connectivity index (χ4v) is 1.89. The molecule has 2 aromatic heterocycles. The van der Waals surface area contributed by atoms with Crippen LogP contribution in [0.25, 0.3) is 0 Å². The standard InChI is InChI=1S/C12H12BrN3O2/c1-6-7(2)18-8(3)11(6)12(17)16-10-5-14-9(13)4-15-10/h4-5H,1-3H3,(H,15,16,17). The molecule has 0 atom stereocenters. The van der Waals surface area contributed by atoms with Crippen LogP contribution in [0.5, 0.6) is 0 Å². The van der Waals surface area contributed by atoms with E-state index in [1.165, 1.54) is 12.4 Å². The molecule has 0 aliphatic heterocycles. The van der Waals surface area contributed by atoms with Crippen LogP contribution in [0, 0.1) is 20.8 Å². The second kappa shape index (κ2) is 4.89. The second-order valence-corrected chi connectivity index (χ2v) is 4.71. The SMILES string of the molecule is Cc1oc(C)c(C(=O)Nc2cnc(Br)cn2)c1C. The Labute approximate surface area is 113 Å². The van der Waals surface area contributed by atoms with E-state index in [1.807, 2.05) is 13.8 Å². The van der Waals surface area contributed by atoms with Crippen molar-refractivity contribution in [3.63, 3.8) is 0 Å². The van der Waals surface area contributed by atoms with E-state index in [2.05, 4.69) is 31.2 Å². The van der Waals surface area contributed by atoms with Crippen LogP contribution in [0.4, 0.5) is 5.82 Å². The number of nitrogens with zero attached hydrogens (tertiary/aromatic N) is 2. The lowest BCUT2D eigenvalue weighted by atomic mass is 10.1. The average molecular weight is 310 g/mol. The highest BCUT2D eigenvalue weighted by molar-refractivity contribution is 9.10. The summed E-state index contributed by atoms with van der Waals surface area (Å²) in [5.74, 6) is 1.52. The number of nitrogens with one attached hydrogen (secondary N) is 1. The first kappa shape index (κ1) is 12.8. The lowest BCUT2D eigenvalue weighted by molar-refractivity contribution is 0.102. The molecule has 1 amide bonds. The summed E-state index contributed by atoms with van der Waals surface area (Å²) in [4.78, 5) is 20.1. The van der Waals surface area contributed by atoms with Crippen LogP contribution in [0.2, 0.25) is 0 Å². The average Bonchev–Trinajstić information content (AvgIpc) is 2.56. The van der Waals surface area contributed by atoms with Gasteiger partial charge in [0.05, 0.1) is 18.0 Å². The zero-order chi connectivity index (χ0) is 13.3. The van der Waals surface area contributed by atoms with Gasteiger partial charge in [-0.25, -0.2) is 9.97 Å². The van der Waals surface area contributed by atoms with Crippen molar-refractivity contribution in [1.82, 2.24) is 9.97 Å². The Morgan fingerprint density at radius 3 is 2.44 bits per heavy atom. The first-order valence-electron chi connectivity index (χ1n) is 5.34. The largest absolute Gasteiger partial charge is 0.466 e. The third-order valence-corrected chi connectivity index (χ3v) is 3.06. The van der Waals surface area contributed by atoms with Gasteiger partial charge in [0.15, 0.2) is 5.82 Å². The number of furan rings is 1. The maximum absolute atomic E-state index is 12.1. The first-order chi connectivity index (χ1) is 8.49. The van der Waals surface area contributed by atoms with Gasteiger partial charge in [0.25, 0.3) is 5.91 Å². The predicted molar refractivity (Wildman–Crippen MR) is 70.6 cm³/mol. The molecule has 0 aromatic carbocycles. The van der Waals surface area contributed by atoms with Crippen LogP contribution in [0.15, 0.2) is 21.4 Å². The van der Waals surface area contributed by atoms with E-state index in [0.717, 1.165) is 11.3 Å². The molecule has 0 aliphatic rings. The van der Waals surface area contributed by atoms with E-state index in [1.54, 1.807) is 6.92 Å². The highest BCUT2D eigenvalue weighted by Crippen LogP contribution is 2.21. The molecule has 6 heteroatoms. The van der Waals surface area contributed by atoms with Crippen LogP contribution in [0.1, 0.15) is 27.4 Å². The summed E-state index contributed by atoms with van der Waals surface area (Å²) in [6.45, 7) is 5.45. The molecule has 2 heterocycles. The smallest absolute Gasteiger partial charge is 0.260 e. The number of hydrogen-bond donors (Lipinski definition) is 1. The predicted octanol–water partition coefficient (Wildman–Crippen LogP) is 3.01. The molecule has 0 aliphatic carbocycles. The van der Waals surface area contributed by atoms with Crippen LogP contribution in [-0.2, 0) is 0 Å². The summed E-state index contributed by atoms with van der Waals surface area (Å²) in [6.07, 6.45) is 3.01. The number of aromatic nitrogens is 2. The van der Waals surface area contributed by atoms with Crippen molar-refractivity contribution in [3.05, 3.63) is 39.6 Å². The van der Waals surface area contributed by atoms with Gasteiger partial charge < -0.3 is 9.73 Å². The number of aryl methyl sites for hydroxylation is 2. The van der Waals surface area contributed by atoms with Crippen molar-refractivity contribution in [2.45, 2.75) is 20.8 Å². The Kier molecular flexibility index (Phi) is 3.47. The van der Waals surface area contributed by atoms with Crippen molar-refractivity contribution in [1.29, 1.82) is 0 Å². The molecule has 0 bridgehead atoms. The van der Waals surface area contributed by atoms with Crippen molar-refractivity contribution >= 4 is 27.7 Å². The number of anilines is 1. The van der Waals surface area contributed by atoms with E-state index in [-0.39, 0.29) is 5.91 Å². The Balaban J connectivity index is 2.24. The molecular formula is C12H12BrN3O2. The molecule has 2 rings (SSSR count). The summed E-state index contributed by atoms with van der Waals surface area (Å²) in [7, 11) is 0. The number of carbonyl (C=O) groups is 1. The van der Waals surface area contributed by atoms with Crippen molar-refractivity contribution in [3.8, 4) is 0 Å². The van der Waals surface area contributed by atoms with Gasteiger partial charge in [-0.2, -0.15) is 0 Å². The van der Waals surface area contributed by atoms with E-state index >= 15 is 0 Å². The quantitative estimate of drug-likeness (QED) is 0.926. The van der Waals surface area contributed by atoms with Gasteiger partial charge in [-0.05, 0) is 36.7 Å². The Hall–Kier alpha value is -1.69. The fraction of sp³-hybridized carbons (Fsp3) is 0.250. The zero-order valence-corrected chi connectivity index (χ0v) is 11.8. The molecule has 0 unspecified atom stereocenters. The van der Waals surface area contributed by atoms with Gasteiger partial charge >= 0.3 is 0 Å². The van der Waals surface area contributed by atoms with Crippen LogP contribution in [-0.4, -0.2) is 15.9 Å². The lowest BCUT2D eigenvalue weighted by Crippen LogP contribution is -2.14.